The molecular weight excluding hydrogens is 302 g/mol. The lowest BCUT2D eigenvalue weighted by Crippen LogP contribution is -2.32. The van der Waals surface area contributed by atoms with Crippen molar-refractivity contribution >= 4 is 41.0 Å². The third-order valence-corrected chi connectivity index (χ3v) is 4.20. The van der Waals surface area contributed by atoms with E-state index in [9.17, 15) is 14.4 Å². The first-order valence-corrected chi connectivity index (χ1v) is 8.10. The summed E-state index contributed by atoms with van der Waals surface area (Å²) in [5.74, 6) is -0.169. The molecule has 0 aromatic heterocycles. The molecule has 1 aliphatic heterocycles. The van der Waals surface area contributed by atoms with Crippen molar-refractivity contribution in [2.75, 3.05) is 16.0 Å². The predicted molar refractivity (Wildman–Crippen MR) is 88.1 cm³/mol. The minimum Gasteiger partial charge on any atom is -0.326 e. The Balaban J connectivity index is 2.19. The zero-order chi connectivity index (χ0) is 16.3. The smallest absolute Gasteiger partial charge is 0.326 e. The van der Waals surface area contributed by atoms with Gasteiger partial charge in [-0.2, -0.15) is 0 Å². The number of nitrogens with zero attached hydrogens (tertiary/aromatic N) is 1. The topological polar surface area (TPSA) is 78.5 Å². The van der Waals surface area contributed by atoms with Crippen LogP contribution in [0, 0.1) is 0 Å². The van der Waals surface area contributed by atoms with Crippen molar-refractivity contribution in [3.05, 3.63) is 24.3 Å². The van der Waals surface area contributed by atoms with Gasteiger partial charge in [0.15, 0.2) is 0 Å². The van der Waals surface area contributed by atoms with Crippen molar-refractivity contribution in [3.8, 4) is 0 Å². The summed E-state index contributed by atoms with van der Waals surface area (Å²) in [7, 11) is 0. The van der Waals surface area contributed by atoms with Gasteiger partial charge in [-0.25, -0.2) is 9.69 Å². The molecule has 118 valence electrons. The summed E-state index contributed by atoms with van der Waals surface area (Å²) in [4.78, 5) is 37.1. The van der Waals surface area contributed by atoms with Crippen molar-refractivity contribution in [3.63, 3.8) is 0 Å². The van der Waals surface area contributed by atoms with Crippen LogP contribution >= 0.6 is 11.8 Å². The van der Waals surface area contributed by atoms with Crippen LogP contribution in [-0.4, -0.2) is 34.9 Å². The van der Waals surface area contributed by atoms with Gasteiger partial charge in [0.1, 0.15) is 6.04 Å². The summed E-state index contributed by atoms with van der Waals surface area (Å²) in [6.45, 7) is 5.65. The Labute approximate surface area is 133 Å². The molecular formula is C15H19N3O3S. The largest absolute Gasteiger partial charge is 0.329 e. The minimum absolute atomic E-state index is 0.161. The number of hydrogen-bond acceptors (Lipinski definition) is 4. The van der Waals surface area contributed by atoms with Gasteiger partial charge in [0.2, 0.25) is 5.91 Å². The second-order valence-electron chi connectivity index (χ2n) is 5.27. The first-order valence-electron chi connectivity index (χ1n) is 7.05. The number of benzene rings is 1. The number of imide groups is 1. The zero-order valence-corrected chi connectivity index (χ0v) is 13.6. The highest BCUT2D eigenvalue weighted by Crippen LogP contribution is 2.28. The molecule has 0 saturated carbocycles. The van der Waals surface area contributed by atoms with E-state index in [0.29, 0.717) is 22.4 Å². The molecule has 2 rings (SSSR count). The highest BCUT2D eigenvalue weighted by atomic mass is 32.2. The Morgan fingerprint density at radius 1 is 1.36 bits per heavy atom. The lowest BCUT2D eigenvalue weighted by molar-refractivity contribution is -0.118. The van der Waals surface area contributed by atoms with Crippen LogP contribution in [-0.2, 0) is 9.59 Å². The zero-order valence-electron chi connectivity index (χ0n) is 12.8. The molecule has 6 nitrogen and oxygen atoms in total. The average molecular weight is 321 g/mol. The third-order valence-electron chi connectivity index (χ3n) is 3.10. The van der Waals surface area contributed by atoms with Crippen LogP contribution in [0.4, 0.5) is 16.2 Å². The van der Waals surface area contributed by atoms with E-state index in [0.717, 1.165) is 4.90 Å². The van der Waals surface area contributed by atoms with Crippen LogP contribution in [0.3, 0.4) is 0 Å². The molecule has 0 aliphatic carbocycles. The minimum atomic E-state index is -0.562. The molecule has 22 heavy (non-hydrogen) atoms. The van der Waals surface area contributed by atoms with Crippen LogP contribution in [0.1, 0.15) is 20.8 Å². The highest BCUT2D eigenvalue weighted by molar-refractivity contribution is 8.00. The lowest BCUT2D eigenvalue weighted by atomic mass is 10.2. The molecule has 1 aliphatic rings. The van der Waals surface area contributed by atoms with E-state index in [2.05, 4.69) is 10.6 Å². The maximum atomic E-state index is 12.1. The molecule has 1 heterocycles. The second kappa shape index (κ2) is 6.83. The van der Waals surface area contributed by atoms with Crippen molar-refractivity contribution in [2.24, 2.45) is 0 Å². The predicted octanol–water partition coefficient (Wildman–Crippen LogP) is 2.21. The van der Waals surface area contributed by atoms with Crippen LogP contribution < -0.4 is 15.5 Å². The second-order valence-corrected chi connectivity index (χ2v) is 6.83. The van der Waals surface area contributed by atoms with Gasteiger partial charge in [-0.3, -0.25) is 9.59 Å². The number of para-hydroxylation sites is 2. The number of nitrogens with one attached hydrogen (secondary N) is 2. The Hall–Kier alpha value is -2.02. The SMILES string of the molecule is CC(C)SCC(=O)Nc1ccccc1N1C(=O)NC(C)C1=O. The molecule has 4 amide bonds. The number of hydrogen-bond donors (Lipinski definition) is 2. The molecule has 1 aromatic rings. The normalized spacial score (nSPS) is 17.8. The van der Waals surface area contributed by atoms with Gasteiger partial charge in [0.25, 0.3) is 5.91 Å². The van der Waals surface area contributed by atoms with Crippen molar-refractivity contribution in [1.29, 1.82) is 0 Å². The van der Waals surface area contributed by atoms with E-state index in [1.54, 1.807) is 31.2 Å². The van der Waals surface area contributed by atoms with Crippen molar-refractivity contribution in [1.82, 2.24) is 5.32 Å². The fourth-order valence-corrected chi connectivity index (χ4v) is 2.59. The van der Waals surface area contributed by atoms with E-state index in [1.165, 1.54) is 11.8 Å². The third kappa shape index (κ3) is 3.59. The number of thioether (sulfide) groups is 1. The summed E-state index contributed by atoms with van der Waals surface area (Å²) in [6, 6.07) is 5.74. The molecule has 0 bridgehead atoms. The van der Waals surface area contributed by atoms with Crippen LogP contribution in [0.5, 0.6) is 0 Å². The van der Waals surface area contributed by atoms with Crippen molar-refractivity contribution < 1.29 is 14.4 Å². The number of anilines is 2. The van der Waals surface area contributed by atoms with E-state index in [4.69, 9.17) is 0 Å². The summed E-state index contributed by atoms with van der Waals surface area (Å²) < 4.78 is 0. The molecule has 0 radical (unpaired) electrons. The Morgan fingerprint density at radius 3 is 2.64 bits per heavy atom. The fraction of sp³-hybridized carbons (Fsp3) is 0.400. The monoisotopic (exact) mass is 321 g/mol. The maximum absolute atomic E-state index is 12.1. The van der Waals surface area contributed by atoms with E-state index in [1.807, 2.05) is 13.8 Å². The van der Waals surface area contributed by atoms with Gasteiger partial charge in [0.05, 0.1) is 17.1 Å². The van der Waals surface area contributed by atoms with E-state index in [-0.39, 0.29) is 11.8 Å². The lowest BCUT2D eigenvalue weighted by Gasteiger charge is -2.17. The number of rotatable bonds is 5. The molecule has 1 unspecified atom stereocenters. The number of carbonyl (C=O) groups is 3. The maximum Gasteiger partial charge on any atom is 0.329 e. The van der Waals surface area contributed by atoms with Crippen LogP contribution in [0.15, 0.2) is 24.3 Å². The summed E-state index contributed by atoms with van der Waals surface area (Å²) in [5, 5.41) is 5.68. The number of urea groups is 1. The number of carbonyl (C=O) groups excluding carboxylic acids is 3. The molecule has 1 saturated heterocycles. The van der Waals surface area contributed by atoms with Gasteiger partial charge in [-0.15, -0.1) is 11.8 Å². The number of amides is 4. The fourth-order valence-electron chi connectivity index (χ4n) is 2.04. The van der Waals surface area contributed by atoms with Gasteiger partial charge in [-0.05, 0) is 24.3 Å². The first kappa shape index (κ1) is 16.4. The van der Waals surface area contributed by atoms with Gasteiger partial charge >= 0.3 is 6.03 Å². The molecule has 0 spiro atoms. The van der Waals surface area contributed by atoms with E-state index >= 15 is 0 Å². The summed E-state index contributed by atoms with van der Waals surface area (Å²) in [6.07, 6.45) is 0. The summed E-state index contributed by atoms with van der Waals surface area (Å²) >= 11 is 1.53. The Bertz CT molecular complexity index is 603. The molecule has 7 heteroatoms. The van der Waals surface area contributed by atoms with Gasteiger partial charge in [-0.1, -0.05) is 26.0 Å². The first-order chi connectivity index (χ1) is 10.4. The Morgan fingerprint density at radius 2 is 2.05 bits per heavy atom. The average Bonchev–Trinajstić information content (AvgIpc) is 2.71. The van der Waals surface area contributed by atoms with E-state index < -0.39 is 12.1 Å². The quantitative estimate of drug-likeness (QED) is 0.815. The molecule has 1 atom stereocenters. The van der Waals surface area contributed by atoms with Gasteiger partial charge in [0, 0.05) is 0 Å². The standard InChI is InChI=1S/C15H19N3O3S/c1-9(2)22-8-13(19)17-11-6-4-5-7-12(11)18-14(20)10(3)16-15(18)21/h4-7,9-10H,8H2,1-3H3,(H,16,21)(H,17,19). The van der Waals surface area contributed by atoms with Crippen molar-refractivity contribution in [2.45, 2.75) is 32.1 Å². The molecule has 2 N–H and O–H groups in total. The highest BCUT2D eigenvalue weighted by Gasteiger charge is 2.37. The molecule has 1 fully saturated rings. The molecule has 1 aromatic carbocycles. The Kier molecular flexibility index (Phi) is 5.07. The van der Waals surface area contributed by atoms with Gasteiger partial charge < -0.3 is 10.6 Å². The van der Waals surface area contributed by atoms with Crippen LogP contribution in [0.2, 0.25) is 0 Å². The van der Waals surface area contributed by atoms with Crippen LogP contribution in [0.25, 0.3) is 0 Å². The summed E-state index contributed by atoms with van der Waals surface area (Å²) in [5.41, 5.74) is 0.840.